The molecule has 112 valence electrons. The van der Waals surface area contributed by atoms with Crippen LogP contribution in [-0.2, 0) is 9.53 Å². The summed E-state index contributed by atoms with van der Waals surface area (Å²) in [6.45, 7) is 4.56. The molecule has 0 radical (unpaired) electrons. The van der Waals surface area contributed by atoms with Crippen LogP contribution in [0.15, 0.2) is 17.1 Å². The van der Waals surface area contributed by atoms with E-state index in [4.69, 9.17) is 4.74 Å². The van der Waals surface area contributed by atoms with Crippen LogP contribution in [0.1, 0.15) is 23.2 Å². The molecule has 0 aromatic heterocycles. The van der Waals surface area contributed by atoms with Crippen LogP contribution in [0.2, 0.25) is 0 Å². The molecule has 6 heteroatoms. The topological polar surface area (TPSA) is 68.2 Å². The summed E-state index contributed by atoms with van der Waals surface area (Å²) in [5.41, 5.74) is 1.90. The Balaban J connectivity index is 2.34. The van der Waals surface area contributed by atoms with Crippen molar-refractivity contribution in [3.8, 4) is 5.75 Å². The summed E-state index contributed by atoms with van der Waals surface area (Å²) in [6.07, 6.45) is 0.686. The molecule has 0 aliphatic carbocycles. The zero-order chi connectivity index (χ0) is 15.4. The second-order valence-corrected chi connectivity index (χ2v) is 4.69. The van der Waals surface area contributed by atoms with E-state index in [0.717, 1.165) is 5.69 Å². The molecule has 0 saturated carbocycles. The second kappa shape index (κ2) is 6.39. The quantitative estimate of drug-likeness (QED) is 0.612. The number of esters is 1. The Morgan fingerprint density at radius 2 is 2.19 bits per heavy atom. The van der Waals surface area contributed by atoms with Crippen molar-refractivity contribution >= 4 is 29.8 Å². The van der Waals surface area contributed by atoms with Gasteiger partial charge in [0.1, 0.15) is 11.4 Å². The minimum absolute atomic E-state index is 0.0619. The molecule has 1 aromatic carbocycles. The number of hydrogen-bond acceptors (Lipinski definition) is 6. The molecule has 0 atom stereocenters. The Morgan fingerprint density at radius 3 is 2.81 bits per heavy atom. The Morgan fingerprint density at radius 1 is 1.43 bits per heavy atom. The number of hydrogen-bond donors (Lipinski definition) is 0. The third kappa shape index (κ3) is 3.04. The number of methoxy groups -OCH3 is 2. The van der Waals surface area contributed by atoms with E-state index in [1.165, 1.54) is 7.11 Å². The summed E-state index contributed by atoms with van der Waals surface area (Å²) in [6, 6.07) is 3.46. The molecule has 0 saturated heterocycles. The van der Waals surface area contributed by atoms with Crippen LogP contribution in [0.4, 0.5) is 11.4 Å². The van der Waals surface area contributed by atoms with E-state index in [2.05, 4.69) is 16.4 Å². The molecule has 0 spiro atoms. The fourth-order valence-electron chi connectivity index (χ4n) is 2.38. The van der Waals surface area contributed by atoms with Crippen LogP contribution in [0.5, 0.6) is 5.75 Å². The largest absolute Gasteiger partial charge is 0.494 e. The van der Waals surface area contributed by atoms with E-state index < -0.39 is 0 Å². The van der Waals surface area contributed by atoms with Gasteiger partial charge in [-0.25, -0.2) is 0 Å². The summed E-state index contributed by atoms with van der Waals surface area (Å²) >= 11 is 0. The molecule has 0 fully saturated rings. The first kappa shape index (κ1) is 15.0. The lowest BCUT2D eigenvalue weighted by atomic mass is 9.99. The van der Waals surface area contributed by atoms with Crippen LogP contribution in [0.3, 0.4) is 0 Å². The number of aliphatic imine (C=N–C) groups is 1. The van der Waals surface area contributed by atoms with E-state index in [1.54, 1.807) is 19.2 Å². The second-order valence-electron chi connectivity index (χ2n) is 4.69. The van der Waals surface area contributed by atoms with E-state index >= 15 is 0 Å². The molecular weight excluding hydrogens is 272 g/mol. The normalized spacial score (nSPS) is 13.6. The average molecular weight is 290 g/mol. The molecule has 6 nitrogen and oxygen atoms in total. The number of fused-ring (bicyclic) bond motifs is 1. The van der Waals surface area contributed by atoms with Gasteiger partial charge in [-0.3, -0.25) is 14.6 Å². The lowest BCUT2D eigenvalue weighted by Gasteiger charge is -2.30. The maximum absolute atomic E-state index is 12.1. The Labute approximate surface area is 123 Å². The summed E-state index contributed by atoms with van der Waals surface area (Å²) in [7, 11) is 2.90. The Kier molecular flexibility index (Phi) is 4.57. The minimum Gasteiger partial charge on any atom is -0.494 e. The molecule has 1 heterocycles. The molecule has 1 aliphatic rings. The fourth-order valence-corrected chi connectivity index (χ4v) is 2.38. The standard InChI is InChI=1S/C15H18N2O4/c1-16-11-8-10-12(9-14(11)20-2)17(6-4-13(10)18)7-5-15(19)21-3/h8-9H,1,4-7H2,2-3H3. The van der Waals surface area contributed by atoms with Crippen LogP contribution < -0.4 is 9.64 Å². The van der Waals surface area contributed by atoms with Gasteiger partial charge in [0.15, 0.2) is 5.78 Å². The molecule has 0 amide bonds. The third-order valence-corrected chi connectivity index (χ3v) is 3.53. The highest BCUT2D eigenvalue weighted by molar-refractivity contribution is 6.04. The summed E-state index contributed by atoms with van der Waals surface area (Å²) in [5.74, 6) is 0.346. The summed E-state index contributed by atoms with van der Waals surface area (Å²) < 4.78 is 9.92. The zero-order valence-corrected chi connectivity index (χ0v) is 12.2. The summed E-state index contributed by atoms with van der Waals surface area (Å²) in [4.78, 5) is 29.2. The Bertz CT molecular complexity index is 583. The number of ether oxygens (including phenoxy) is 2. The van der Waals surface area contributed by atoms with E-state index in [-0.39, 0.29) is 18.2 Å². The zero-order valence-electron chi connectivity index (χ0n) is 12.2. The van der Waals surface area contributed by atoms with E-state index in [0.29, 0.717) is 36.5 Å². The number of carbonyl (C=O) groups is 2. The number of Topliss-reactive ketones (excluding diaryl/α,β-unsaturated/α-hetero) is 1. The van der Waals surface area contributed by atoms with E-state index in [1.807, 2.05) is 4.90 Å². The number of ketones is 1. The molecule has 0 N–H and O–H groups in total. The van der Waals surface area contributed by atoms with Crippen molar-refractivity contribution in [2.24, 2.45) is 4.99 Å². The third-order valence-electron chi connectivity index (χ3n) is 3.53. The van der Waals surface area contributed by atoms with Crippen molar-refractivity contribution < 1.29 is 19.1 Å². The van der Waals surface area contributed by atoms with Gasteiger partial charge >= 0.3 is 5.97 Å². The van der Waals surface area contributed by atoms with E-state index in [9.17, 15) is 9.59 Å². The number of anilines is 1. The van der Waals surface area contributed by atoms with Crippen LogP contribution in [-0.4, -0.2) is 45.8 Å². The molecule has 1 aliphatic heterocycles. The van der Waals surface area contributed by atoms with Gasteiger partial charge in [-0.1, -0.05) is 0 Å². The van der Waals surface area contributed by atoms with Crippen LogP contribution >= 0.6 is 0 Å². The van der Waals surface area contributed by atoms with Crippen molar-refractivity contribution in [1.82, 2.24) is 0 Å². The highest BCUT2D eigenvalue weighted by atomic mass is 16.5. The molecule has 0 unspecified atom stereocenters. The first-order valence-corrected chi connectivity index (χ1v) is 6.64. The monoisotopic (exact) mass is 290 g/mol. The number of benzene rings is 1. The lowest BCUT2D eigenvalue weighted by molar-refractivity contribution is -0.140. The van der Waals surface area contributed by atoms with Gasteiger partial charge in [-0.2, -0.15) is 0 Å². The van der Waals surface area contributed by atoms with Gasteiger partial charge in [-0.05, 0) is 12.8 Å². The molecule has 1 aromatic rings. The molecule has 21 heavy (non-hydrogen) atoms. The predicted octanol–water partition coefficient (Wildman–Crippen LogP) is 1.98. The highest BCUT2D eigenvalue weighted by Gasteiger charge is 2.25. The Hall–Kier alpha value is -2.37. The van der Waals surface area contributed by atoms with Gasteiger partial charge < -0.3 is 14.4 Å². The SMILES string of the molecule is C=Nc1cc2c(cc1OC)N(CCC(=O)OC)CCC2=O. The minimum atomic E-state index is -0.273. The fraction of sp³-hybridized carbons (Fsp3) is 0.400. The highest BCUT2D eigenvalue weighted by Crippen LogP contribution is 2.37. The van der Waals surface area contributed by atoms with Gasteiger partial charge in [0.25, 0.3) is 0 Å². The molecular formula is C15H18N2O4. The lowest BCUT2D eigenvalue weighted by Crippen LogP contribution is -2.34. The van der Waals surface area contributed by atoms with Gasteiger partial charge in [0.05, 0.1) is 26.3 Å². The van der Waals surface area contributed by atoms with Crippen molar-refractivity contribution in [2.45, 2.75) is 12.8 Å². The molecule has 2 rings (SSSR count). The van der Waals surface area contributed by atoms with Crippen molar-refractivity contribution in [3.63, 3.8) is 0 Å². The number of carbonyl (C=O) groups excluding carboxylic acids is 2. The van der Waals surface area contributed by atoms with Gasteiger partial charge in [0.2, 0.25) is 0 Å². The maximum Gasteiger partial charge on any atom is 0.307 e. The average Bonchev–Trinajstić information content (AvgIpc) is 2.52. The maximum atomic E-state index is 12.1. The van der Waals surface area contributed by atoms with Gasteiger partial charge in [-0.15, -0.1) is 0 Å². The summed E-state index contributed by atoms with van der Waals surface area (Å²) in [5, 5.41) is 0. The van der Waals surface area contributed by atoms with Crippen molar-refractivity contribution in [2.75, 3.05) is 32.2 Å². The van der Waals surface area contributed by atoms with Crippen molar-refractivity contribution in [3.05, 3.63) is 17.7 Å². The van der Waals surface area contributed by atoms with Gasteiger partial charge in [0, 0.05) is 31.1 Å². The van der Waals surface area contributed by atoms with Crippen LogP contribution in [0, 0.1) is 0 Å². The number of nitrogens with zero attached hydrogens (tertiary/aromatic N) is 2. The van der Waals surface area contributed by atoms with Crippen LogP contribution in [0.25, 0.3) is 0 Å². The number of rotatable bonds is 5. The molecule has 0 bridgehead atoms. The first-order valence-electron chi connectivity index (χ1n) is 6.64. The van der Waals surface area contributed by atoms with Crippen molar-refractivity contribution in [1.29, 1.82) is 0 Å². The predicted molar refractivity (Wildman–Crippen MR) is 80.0 cm³/mol. The first-order chi connectivity index (χ1) is 10.1. The smallest absolute Gasteiger partial charge is 0.307 e.